The smallest absolute Gasteiger partial charge is 0.169 e. The van der Waals surface area contributed by atoms with Crippen LogP contribution in [0.5, 0.6) is 0 Å². The molecule has 0 radical (unpaired) electrons. The predicted molar refractivity (Wildman–Crippen MR) is 86.4 cm³/mol. The van der Waals surface area contributed by atoms with Crippen molar-refractivity contribution in [2.75, 3.05) is 6.54 Å². The Balaban J connectivity index is 1.89. The summed E-state index contributed by atoms with van der Waals surface area (Å²) in [7, 11) is 0. The first-order chi connectivity index (χ1) is 9.16. The molecule has 110 valence electrons. The molecule has 0 atom stereocenters. The maximum absolute atomic E-state index is 5.73. The van der Waals surface area contributed by atoms with E-state index in [1.165, 1.54) is 57.8 Å². The molecule has 0 aromatic heterocycles. The Kier molecular flexibility index (Phi) is 5.93. The predicted octanol–water partition coefficient (Wildman–Crippen LogP) is 4.09. The summed E-state index contributed by atoms with van der Waals surface area (Å²) in [5.74, 6) is 0.687. The van der Waals surface area contributed by atoms with Crippen LogP contribution in [0.2, 0.25) is 0 Å². The van der Waals surface area contributed by atoms with Gasteiger partial charge in [-0.25, -0.2) is 0 Å². The van der Waals surface area contributed by atoms with E-state index in [9.17, 15) is 0 Å². The van der Waals surface area contributed by atoms with Crippen molar-refractivity contribution in [3.8, 4) is 0 Å². The van der Waals surface area contributed by atoms with E-state index in [0.717, 1.165) is 11.7 Å². The highest BCUT2D eigenvalue weighted by Gasteiger charge is 2.26. The molecule has 0 aliphatic heterocycles. The number of thiocarbonyl (C=S) groups is 1. The SMILES string of the molecule is CC(C)CN(C(=S)NC1CCCCC1)C1CCCC1. The van der Waals surface area contributed by atoms with Crippen molar-refractivity contribution >= 4 is 17.3 Å². The lowest BCUT2D eigenvalue weighted by Gasteiger charge is -2.35. The first-order valence-electron chi connectivity index (χ1n) is 8.24. The van der Waals surface area contributed by atoms with Gasteiger partial charge in [0.05, 0.1) is 0 Å². The van der Waals surface area contributed by atoms with Crippen LogP contribution in [-0.4, -0.2) is 28.6 Å². The molecule has 2 aliphatic carbocycles. The molecule has 0 aromatic rings. The van der Waals surface area contributed by atoms with Crippen LogP contribution in [-0.2, 0) is 0 Å². The van der Waals surface area contributed by atoms with Crippen LogP contribution in [0.15, 0.2) is 0 Å². The monoisotopic (exact) mass is 282 g/mol. The number of rotatable bonds is 4. The molecule has 0 aromatic carbocycles. The second kappa shape index (κ2) is 7.47. The van der Waals surface area contributed by atoms with E-state index < -0.39 is 0 Å². The molecule has 19 heavy (non-hydrogen) atoms. The van der Waals surface area contributed by atoms with E-state index >= 15 is 0 Å². The van der Waals surface area contributed by atoms with Gasteiger partial charge in [-0.2, -0.15) is 0 Å². The Labute approximate surface area is 124 Å². The molecule has 0 spiro atoms. The van der Waals surface area contributed by atoms with Crippen molar-refractivity contribution in [3.63, 3.8) is 0 Å². The molecule has 2 aliphatic rings. The van der Waals surface area contributed by atoms with Crippen molar-refractivity contribution in [1.82, 2.24) is 10.2 Å². The quantitative estimate of drug-likeness (QED) is 0.782. The van der Waals surface area contributed by atoms with Gasteiger partial charge in [0.2, 0.25) is 0 Å². The van der Waals surface area contributed by atoms with E-state index in [0.29, 0.717) is 18.0 Å². The largest absolute Gasteiger partial charge is 0.360 e. The normalized spacial score (nSPS) is 21.8. The van der Waals surface area contributed by atoms with Gasteiger partial charge in [0.25, 0.3) is 0 Å². The van der Waals surface area contributed by atoms with Crippen molar-refractivity contribution in [2.24, 2.45) is 5.92 Å². The molecule has 0 bridgehead atoms. The standard InChI is InChI=1S/C16H30N2S/c1-13(2)12-18(15-10-6-7-11-15)16(19)17-14-8-4-3-5-9-14/h13-15H,3-12H2,1-2H3,(H,17,19). The first-order valence-corrected chi connectivity index (χ1v) is 8.65. The zero-order valence-electron chi connectivity index (χ0n) is 12.7. The van der Waals surface area contributed by atoms with E-state index in [4.69, 9.17) is 12.2 Å². The van der Waals surface area contributed by atoms with Crippen LogP contribution >= 0.6 is 12.2 Å². The van der Waals surface area contributed by atoms with E-state index in [-0.39, 0.29) is 0 Å². The lowest BCUT2D eigenvalue weighted by molar-refractivity contribution is 0.272. The average molecular weight is 282 g/mol. The molecule has 0 saturated heterocycles. The van der Waals surface area contributed by atoms with Gasteiger partial charge in [0.15, 0.2) is 5.11 Å². The Morgan fingerprint density at radius 1 is 1.05 bits per heavy atom. The van der Waals surface area contributed by atoms with Crippen LogP contribution in [0.1, 0.15) is 71.6 Å². The van der Waals surface area contributed by atoms with Crippen LogP contribution in [0.4, 0.5) is 0 Å². The third kappa shape index (κ3) is 4.62. The van der Waals surface area contributed by atoms with E-state index in [1.807, 2.05) is 0 Å². The van der Waals surface area contributed by atoms with Crippen molar-refractivity contribution in [1.29, 1.82) is 0 Å². The minimum Gasteiger partial charge on any atom is -0.360 e. The second-order valence-corrected chi connectivity index (χ2v) is 7.16. The van der Waals surface area contributed by atoms with Crippen molar-refractivity contribution in [3.05, 3.63) is 0 Å². The van der Waals surface area contributed by atoms with Gasteiger partial charge < -0.3 is 10.2 Å². The molecule has 2 fully saturated rings. The highest BCUT2D eigenvalue weighted by molar-refractivity contribution is 7.80. The highest BCUT2D eigenvalue weighted by Crippen LogP contribution is 2.25. The van der Waals surface area contributed by atoms with Gasteiger partial charge >= 0.3 is 0 Å². The molecular weight excluding hydrogens is 252 g/mol. The Hall–Kier alpha value is -0.310. The fraction of sp³-hybridized carbons (Fsp3) is 0.938. The summed E-state index contributed by atoms with van der Waals surface area (Å²) < 4.78 is 0. The number of nitrogens with one attached hydrogen (secondary N) is 1. The van der Waals surface area contributed by atoms with Gasteiger partial charge in [-0.3, -0.25) is 0 Å². The summed E-state index contributed by atoms with van der Waals surface area (Å²) in [6, 6.07) is 1.34. The minimum absolute atomic E-state index is 0.636. The summed E-state index contributed by atoms with van der Waals surface area (Å²) in [5, 5.41) is 4.69. The third-order valence-corrected chi connectivity index (χ3v) is 4.87. The topological polar surface area (TPSA) is 15.3 Å². The lowest BCUT2D eigenvalue weighted by atomic mass is 9.96. The molecule has 2 rings (SSSR count). The summed E-state index contributed by atoms with van der Waals surface area (Å²) in [6.07, 6.45) is 12.2. The van der Waals surface area contributed by atoms with Crippen LogP contribution in [0, 0.1) is 5.92 Å². The zero-order chi connectivity index (χ0) is 13.7. The molecule has 3 heteroatoms. The van der Waals surface area contributed by atoms with Crippen LogP contribution in [0.25, 0.3) is 0 Å². The molecule has 1 N–H and O–H groups in total. The highest BCUT2D eigenvalue weighted by atomic mass is 32.1. The molecule has 0 amide bonds. The summed E-state index contributed by atoms with van der Waals surface area (Å²) in [4.78, 5) is 2.50. The number of hydrogen-bond acceptors (Lipinski definition) is 1. The van der Waals surface area contributed by atoms with Gasteiger partial charge in [0.1, 0.15) is 0 Å². The summed E-state index contributed by atoms with van der Waals surface area (Å²) >= 11 is 5.73. The summed E-state index contributed by atoms with van der Waals surface area (Å²) in [6.45, 7) is 5.71. The van der Waals surface area contributed by atoms with Crippen molar-refractivity contribution in [2.45, 2.75) is 83.7 Å². The maximum Gasteiger partial charge on any atom is 0.169 e. The molecular formula is C16H30N2S. The van der Waals surface area contributed by atoms with Crippen molar-refractivity contribution < 1.29 is 0 Å². The fourth-order valence-electron chi connectivity index (χ4n) is 3.51. The average Bonchev–Trinajstić information content (AvgIpc) is 2.90. The molecule has 2 nitrogen and oxygen atoms in total. The minimum atomic E-state index is 0.636. The second-order valence-electron chi connectivity index (χ2n) is 6.77. The van der Waals surface area contributed by atoms with E-state index in [1.54, 1.807) is 0 Å². The van der Waals surface area contributed by atoms with Gasteiger partial charge in [-0.1, -0.05) is 46.0 Å². The molecule has 2 saturated carbocycles. The third-order valence-electron chi connectivity index (χ3n) is 4.52. The Bertz CT molecular complexity index is 278. The Morgan fingerprint density at radius 3 is 2.21 bits per heavy atom. The number of nitrogens with zero attached hydrogens (tertiary/aromatic N) is 1. The first kappa shape index (κ1) is 15.1. The Morgan fingerprint density at radius 2 is 1.63 bits per heavy atom. The van der Waals surface area contributed by atoms with Gasteiger partial charge in [-0.15, -0.1) is 0 Å². The zero-order valence-corrected chi connectivity index (χ0v) is 13.5. The van der Waals surface area contributed by atoms with Crippen LogP contribution < -0.4 is 5.32 Å². The van der Waals surface area contributed by atoms with Crippen LogP contribution in [0.3, 0.4) is 0 Å². The maximum atomic E-state index is 5.73. The number of hydrogen-bond donors (Lipinski definition) is 1. The van der Waals surface area contributed by atoms with E-state index in [2.05, 4.69) is 24.1 Å². The molecule has 0 heterocycles. The van der Waals surface area contributed by atoms with Gasteiger partial charge in [0, 0.05) is 18.6 Å². The lowest BCUT2D eigenvalue weighted by Crippen LogP contribution is -2.50. The molecule has 0 unspecified atom stereocenters. The summed E-state index contributed by atoms with van der Waals surface area (Å²) in [5.41, 5.74) is 0. The fourth-order valence-corrected chi connectivity index (χ4v) is 3.90. The van der Waals surface area contributed by atoms with Gasteiger partial charge in [-0.05, 0) is 43.8 Å².